The van der Waals surface area contributed by atoms with Gasteiger partial charge in [-0.15, -0.1) is 0 Å². The quantitative estimate of drug-likeness (QED) is 0.820. The van der Waals surface area contributed by atoms with Crippen LogP contribution in [-0.2, 0) is 22.7 Å². The number of aliphatic hydroxyl groups excluding tert-OH is 1. The second-order valence-corrected chi connectivity index (χ2v) is 5.92. The number of fused-ring (bicyclic) bond motifs is 1. The van der Waals surface area contributed by atoms with Gasteiger partial charge in [-0.05, 0) is 37.5 Å². The molecule has 4 heteroatoms. The molecule has 1 aliphatic rings. The van der Waals surface area contributed by atoms with Crippen molar-refractivity contribution >= 4 is 5.97 Å². The van der Waals surface area contributed by atoms with Crippen molar-refractivity contribution in [3.63, 3.8) is 0 Å². The van der Waals surface area contributed by atoms with Crippen LogP contribution in [0.2, 0.25) is 0 Å². The number of carbonyl (C=O) groups is 1. The Kier molecular flexibility index (Phi) is 3.92. The van der Waals surface area contributed by atoms with Gasteiger partial charge in [0.05, 0.1) is 13.0 Å². The van der Waals surface area contributed by atoms with Crippen LogP contribution in [0.1, 0.15) is 49.9 Å². The summed E-state index contributed by atoms with van der Waals surface area (Å²) in [6.45, 7) is 6.39. The van der Waals surface area contributed by atoms with Gasteiger partial charge < -0.3 is 15.2 Å². The minimum atomic E-state index is -0.445. The Morgan fingerprint density at radius 1 is 1.47 bits per heavy atom. The van der Waals surface area contributed by atoms with Gasteiger partial charge in [0.1, 0.15) is 5.60 Å². The lowest BCUT2D eigenvalue weighted by Gasteiger charge is -2.21. The van der Waals surface area contributed by atoms with Gasteiger partial charge >= 0.3 is 5.97 Å². The fraction of sp³-hybridized carbons (Fsp3) is 0.533. The van der Waals surface area contributed by atoms with Crippen LogP contribution in [-0.4, -0.2) is 16.7 Å². The predicted molar refractivity (Wildman–Crippen MR) is 72.4 cm³/mol. The maximum absolute atomic E-state index is 11.8. The SMILES string of the molecule is CC(C)(C)OC(=O)CC1NCc2cc(CO)ccc21. The van der Waals surface area contributed by atoms with Crippen LogP contribution in [0.3, 0.4) is 0 Å². The van der Waals surface area contributed by atoms with Crippen molar-refractivity contribution in [2.75, 3.05) is 0 Å². The summed E-state index contributed by atoms with van der Waals surface area (Å²) >= 11 is 0. The van der Waals surface area contributed by atoms with Gasteiger partial charge in [0.2, 0.25) is 0 Å². The van der Waals surface area contributed by atoms with Crippen molar-refractivity contribution in [1.82, 2.24) is 5.32 Å². The largest absolute Gasteiger partial charge is 0.460 e. The summed E-state index contributed by atoms with van der Waals surface area (Å²) in [6, 6.07) is 5.87. The normalized spacial score (nSPS) is 18.2. The summed E-state index contributed by atoms with van der Waals surface area (Å²) in [6.07, 6.45) is 0.336. The highest BCUT2D eigenvalue weighted by atomic mass is 16.6. The smallest absolute Gasteiger partial charge is 0.308 e. The number of nitrogens with one attached hydrogen (secondary N) is 1. The van der Waals surface area contributed by atoms with E-state index in [1.165, 1.54) is 0 Å². The Bertz CT molecular complexity index is 477. The molecule has 2 rings (SSSR count). The molecule has 4 nitrogen and oxygen atoms in total. The first kappa shape index (κ1) is 14.0. The van der Waals surface area contributed by atoms with E-state index in [9.17, 15) is 4.79 Å². The van der Waals surface area contributed by atoms with Gasteiger partial charge in [0, 0.05) is 12.6 Å². The van der Waals surface area contributed by atoms with Crippen molar-refractivity contribution in [2.24, 2.45) is 0 Å². The number of benzene rings is 1. The third-order valence-corrected chi connectivity index (χ3v) is 3.10. The molecule has 0 saturated heterocycles. The van der Waals surface area contributed by atoms with Crippen LogP contribution < -0.4 is 5.32 Å². The molecule has 19 heavy (non-hydrogen) atoms. The first-order chi connectivity index (χ1) is 8.89. The molecule has 0 aliphatic carbocycles. The number of ether oxygens (including phenoxy) is 1. The van der Waals surface area contributed by atoms with Crippen LogP contribution >= 0.6 is 0 Å². The van der Waals surface area contributed by atoms with Crippen LogP contribution in [0.15, 0.2) is 18.2 Å². The maximum Gasteiger partial charge on any atom is 0.308 e. The van der Waals surface area contributed by atoms with E-state index in [0.29, 0.717) is 6.42 Å². The third-order valence-electron chi connectivity index (χ3n) is 3.10. The predicted octanol–water partition coefficient (Wildman–Crippen LogP) is 2.05. The zero-order chi connectivity index (χ0) is 14.0. The van der Waals surface area contributed by atoms with Gasteiger partial charge in [-0.3, -0.25) is 4.79 Å². The molecule has 1 aromatic carbocycles. The lowest BCUT2D eigenvalue weighted by molar-refractivity contribution is -0.155. The highest BCUT2D eigenvalue weighted by Crippen LogP contribution is 2.29. The fourth-order valence-electron chi connectivity index (χ4n) is 2.33. The maximum atomic E-state index is 11.8. The number of hydrogen-bond donors (Lipinski definition) is 2. The van der Waals surface area contributed by atoms with Gasteiger partial charge in [0.15, 0.2) is 0 Å². The lowest BCUT2D eigenvalue weighted by atomic mass is 10.0. The molecule has 1 aromatic rings. The molecule has 0 saturated carbocycles. The molecule has 0 radical (unpaired) electrons. The van der Waals surface area contributed by atoms with Crippen LogP contribution in [0.25, 0.3) is 0 Å². The average molecular weight is 263 g/mol. The summed E-state index contributed by atoms with van der Waals surface area (Å²) in [4.78, 5) is 11.8. The minimum Gasteiger partial charge on any atom is -0.460 e. The Labute approximate surface area is 113 Å². The summed E-state index contributed by atoms with van der Waals surface area (Å²) in [5.41, 5.74) is 2.74. The van der Waals surface area contributed by atoms with E-state index in [2.05, 4.69) is 5.32 Å². The monoisotopic (exact) mass is 263 g/mol. The average Bonchev–Trinajstić information content (AvgIpc) is 2.69. The molecular weight excluding hydrogens is 242 g/mol. The molecular formula is C15H21NO3. The van der Waals surface area contributed by atoms with Gasteiger partial charge in [-0.25, -0.2) is 0 Å². The molecule has 0 fully saturated rings. The van der Waals surface area contributed by atoms with Gasteiger partial charge in [0.25, 0.3) is 0 Å². The zero-order valence-electron chi connectivity index (χ0n) is 11.7. The van der Waals surface area contributed by atoms with Crippen molar-refractivity contribution < 1.29 is 14.6 Å². The van der Waals surface area contributed by atoms with Crippen molar-refractivity contribution in [3.05, 3.63) is 34.9 Å². The van der Waals surface area contributed by atoms with Crippen molar-refractivity contribution in [1.29, 1.82) is 0 Å². The van der Waals surface area contributed by atoms with Crippen LogP contribution in [0.4, 0.5) is 0 Å². The standard InChI is InChI=1S/C15H21NO3/c1-15(2,3)19-14(18)7-13-12-5-4-10(9-17)6-11(12)8-16-13/h4-6,13,16-17H,7-9H2,1-3H3. The first-order valence-corrected chi connectivity index (χ1v) is 6.57. The molecule has 1 aliphatic heterocycles. The molecule has 1 unspecified atom stereocenters. The van der Waals surface area contributed by atoms with E-state index in [1.54, 1.807) is 0 Å². The van der Waals surface area contributed by atoms with E-state index in [4.69, 9.17) is 9.84 Å². The molecule has 0 amide bonds. The number of hydrogen-bond acceptors (Lipinski definition) is 4. The van der Waals surface area contributed by atoms with Crippen molar-refractivity contribution in [3.8, 4) is 0 Å². The van der Waals surface area contributed by atoms with E-state index in [-0.39, 0.29) is 18.6 Å². The second kappa shape index (κ2) is 5.31. The number of carbonyl (C=O) groups excluding carboxylic acids is 1. The Morgan fingerprint density at radius 2 is 2.21 bits per heavy atom. The Hall–Kier alpha value is -1.39. The molecule has 2 N–H and O–H groups in total. The summed E-state index contributed by atoms with van der Waals surface area (Å²) in [5, 5.41) is 12.4. The Balaban J connectivity index is 2.04. The lowest BCUT2D eigenvalue weighted by Crippen LogP contribution is -2.26. The van der Waals surface area contributed by atoms with E-state index in [0.717, 1.165) is 23.2 Å². The molecule has 0 aromatic heterocycles. The highest BCUT2D eigenvalue weighted by Gasteiger charge is 2.26. The van der Waals surface area contributed by atoms with E-state index in [1.807, 2.05) is 39.0 Å². The Morgan fingerprint density at radius 3 is 2.84 bits per heavy atom. The summed E-state index contributed by atoms with van der Waals surface area (Å²) in [5.74, 6) is -0.191. The van der Waals surface area contributed by atoms with Gasteiger partial charge in [-0.1, -0.05) is 18.2 Å². The second-order valence-electron chi connectivity index (χ2n) is 5.92. The summed E-state index contributed by atoms with van der Waals surface area (Å²) in [7, 11) is 0. The zero-order valence-corrected chi connectivity index (χ0v) is 11.7. The van der Waals surface area contributed by atoms with Crippen LogP contribution in [0.5, 0.6) is 0 Å². The molecule has 0 spiro atoms. The molecule has 0 bridgehead atoms. The highest BCUT2D eigenvalue weighted by molar-refractivity contribution is 5.71. The molecule has 1 heterocycles. The van der Waals surface area contributed by atoms with E-state index < -0.39 is 5.60 Å². The third kappa shape index (κ3) is 3.55. The summed E-state index contributed by atoms with van der Waals surface area (Å²) < 4.78 is 5.34. The van der Waals surface area contributed by atoms with Crippen molar-refractivity contribution in [2.45, 2.75) is 52.0 Å². The molecule has 104 valence electrons. The minimum absolute atomic E-state index is 0.0117. The first-order valence-electron chi connectivity index (χ1n) is 6.57. The van der Waals surface area contributed by atoms with Gasteiger partial charge in [-0.2, -0.15) is 0 Å². The fourth-order valence-corrected chi connectivity index (χ4v) is 2.33. The number of aliphatic hydroxyl groups is 1. The number of esters is 1. The molecule has 1 atom stereocenters. The topological polar surface area (TPSA) is 58.6 Å². The van der Waals surface area contributed by atoms with E-state index >= 15 is 0 Å². The number of rotatable bonds is 3. The van der Waals surface area contributed by atoms with Crippen LogP contribution in [0, 0.1) is 0 Å².